The van der Waals surface area contributed by atoms with Crippen molar-refractivity contribution in [3.8, 4) is 0 Å². The van der Waals surface area contributed by atoms with Crippen LogP contribution in [0, 0.1) is 0 Å². The lowest BCUT2D eigenvalue weighted by molar-refractivity contribution is -0.131. The molecule has 0 amide bonds. The molecule has 2 aromatic rings. The van der Waals surface area contributed by atoms with Gasteiger partial charge in [0.05, 0.1) is 6.20 Å². The number of carbonyl (C=O) groups is 1. The van der Waals surface area contributed by atoms with Crippen LogP contribution in [0.1, 0.15) is 16.7 Å². The summed E-state index contributed by atoms with van der Waals surface area (Å²) < 4.78 is 1.78. The maximum Gasteiger partial charge on any atom is 0.328 e. The monoisotopic (exact) mass is 285 g/mol. The van der Waals surface area contributed by atoms with Gasteiger partial charge in [0, 0.05) is 38.0 Å². The van der Waals surface area contributed by atoms with Gasteiger partial charge in [-0.3, -0.25) is 9.58 Å². The van der Waals surface area contributed by atoms with Gasteiger partial charge in [-0.25, -0.2) is 4.79 Å². The van der Waals surface area contributed by atoms with Gasteiger partial charge in [-0.05, 0) is 24.3 Å². The molecule has 0 aliphatic rings. The highest BCUT2D eigenvalue weighted by Crippen LogP contribution is 2.14. The predicted octanol–water partition coefficient (Wildman–Crippen LogP) is 2.15. The van der Waals surface area contributed by atoms with Gasteiger partial charge >= 0.3 is 5.97 Å². The molecule has 0 radical (unpaired) electrons. The quantitative estimate of drug-likeness (QED) is 0.826. The van der Waals surface area contributed by atoms with Crippen molar-refractivity contribution in [3.05, 3.63) is 59.4 Å². The second-order valence-corrected chi connectivity index (χ2v) is 5.06. The normalized spacial score (nSPS) is 11.4. The van der Waals surface area contributed by atoms with Gasteiger partial charge in [0.15, 0.2) is 0 Å². The molecule has 0 unspecified atom stereocenters. The summed E-state index contributed by atoms with van der Waals surface area (Å²) in [6, 6.07) is 7.81. The fourth-order valence-electron chi connectivity index (χ4n) is 2.21. The predicted molar refractivity (Wildman–Crippen MR) is 81.5 cm³/mol. The van der Waals surface area contributed by atoms with Gasteiger partial charge in [0.1, 0.15) is 0 Å². The Kier molecular flexibility index (Phi) is 4.90. The van der Waals surface area contributed by atoms with Crippen LogP contribution in [-0.2, 0) is 24.9 Å². The van der Waals surface area contributed by atoms with Crippen LogP contribution in [0.15, 0.2) is 42.7 Å². The average Bonchev–Trinajstić information content (AvgIpc) is 2.83. The molecule has 1 heterocycles. The minimum Gasteiger partial charge on any atom is -0.478 e. The number of aromatic nitrogens is 2. The number of aryl methyl sites for hydroxylation is 1. The Balaban J connectivity index is 2.06. The van der Waals surface area contributed by atoms with E-state index >= 15 is 0 Å². The van der Waals surface area contributed by atoms with E-state index in [2.05, 4.69) is 10.00 Å². The van der Waals surface area contributed by atoms with E-state index < -0.39 is 5.97 Å². The van der Waals surface area contributed by atoms with E-state index in [-0.39, 0.29) is 0 Å². The lowest BCUT2D eigenvalue weighted by atomic mass is 10.1. The molecule has 0 saturated carbocycles. The molecule has 0 saturated heterocycles. The third-order valence-corrected chi connectivity index (χ3v) is 3.11. The first-order chi connectivity index (χ1) is 10.0. The maximum absolute atomic E-state index is 10.6. The van der Waals surface area contributed by atoms with Crippen LogP contribution < -0.4 is 0 Å². The average molecular weight is 285 g/mol. The van der Waals surface area contributed by atoms with Gasteiger partial charge in [-0.15, -0.1) is 0 Å². The van der Waals surface area contributed by atoms with Crippen LogP contribution in [-0.4, -0.2) is 32.8 Å². The molecule has 1 N–H and O–H groups in total. The Bertz CT molecular complexity index is 646. The standard InChI is InChI=1S/C16H19N3O2/c1-18(10-13-9-17-19(2)11-13)12-15-6-4-3-5-14(15)7-8-16(20)21/h3-9,11H,10,12H2,1-2H3,(H,20,21). The zero-order valence-corrected chi connectivity index (χ0v) is 12.2. The molecule has 110 valence electrons. The third kappa shape index (κ3) is 4.57. The number of rotatable bonds is 6. The fraction of sp³-hybridized carbons (Fsp3) is 0.250. The Labute approximate surface area is 124 Å². The van der Waals surface area contributed by atoms with Crippen molar-refractivity contribution in [3.63, 3.8) is 0 Å². The molecule has 5 heteroatoms. The second-order valence-electron chi connectivity index (χ2n) is 5.06. The maximum atomic E-state index is 10.6. The van der Waals surface area contributed by atoms with Crippen molar-refractivity contribution in [2.75, 3.05) is 7.05 Å². The number of benzene rings is 1. The number of carboxylic acid groups (broad SMARTS) is 1. The van der Waals surface area contributed by atoms with Crippen molar-refractivity contribution in [2.45, 2.75) is 13.1 Å². The highest BCUT2D eigenvalue weighted by atomic mass is 16.4. The minimum absolute atomic E-state index is 0.745. The molecule has 5 nitrogen and oxygen atoms in total. The van der Waals surface area contributed by atoms with Crippen molar-refractivity contribution in [2.24, 2.45) is 7.05 Å². The summed E-state index contributed by atoms with van der Waals surface area (Å²) in [5.74, 6) is -0.937. The first kappa shape index (κ1) is 15.0. The molecule has 1 aromatic carbocycles. The SMILES string of the molecule is CN(Cc1cnn(C)c1)Cc1ccccc1C=CC(=O)O. The summed E-state index contributed by atoms with van der Waals surface area (Å²) in [5, 5.41) is 12.9. The lowest BCUT2D eigenvalue weighted by Crippen LogP contribution is -2.17. The van der Waals surface area contributed by atoms with Crippen LogP contribution in [0.25, 0.3) is 6.08 Å². The number of nitrogens with zero attached hydrogens (tertiary/aromatic N) is 3. The lowest BCUT2D eigenvalue weighted by Gasteiger charge is -2.17. The van der Waals surface area contributed by atoms with Crippen LogP contribution in [0.4, 0.5) is 0 Å². The molecule has 0 bridgehead atoms. The molecule has 1 aromatic heterocycles. The Morgan fingerprint density at radius 3 is 2.81 bits per heavy atom. The molecule has 0 aliphatic carbocycles. The first-order valence-corrected chi connectivity index (χ1v) is 6.69. The molecule has 21 heavy (non-hydrogen) atoms. The van der Waals surface area contributed by atoms with E-state index in [1.54, 1.807) is 10.8 Å². The Hall–Kier alpha value is -2.40. The van der Waals surface area contributed by atoms with Crippen molar-refractivity contribution in [1.82, 2.24) is 14.7 Å². The smallest absolute Gasteiger partial charge is 0.328 e. The number of aliphatic carboxylic acids is 1. The molecule has 0 atom stereocenters. The van der Waals surface area contributed by atoms with E-state index in [4.69, 9.17) is 5.11 Å². The molecule has 0 spiro atoms. The highest BCUT2D eigenvalue weighted by molar-refractivity contribution is 5.85. The largest absolute Gasteiger partial charge is 0.478 e. The summed E-state index contributed by atoms with van der Waals surface area (Å²) in [5.41, 5.74) is 3.18. The van der Waals surface area contributed by atoms with E-state index in [1.165, 1.54) is 6.08 Å². The highest BCUT2D eigenvalue weighted by Gasteiger charge is 2.06. The van der Waals surface area contributed by atoms with E-state index in [0.717, 1.165) is 29.8 Å². The topological polar surface area (TPSA) is 58.4 Å². The fourth-order valence-corrected chi connectivity index (χ4v) is 2.21. The van der Waals surface area contributed by atoms with Crippen LogP contribution in [0.3, 0.4) is 0 Å². The summed E-state index contributed by atoms with van der Waals surface area (Å²) in [4.78, 5) is 12.8. The summed E-state index contributed by atoms with van der Waals surface area (Å²) in [7, 11) is 3.93. The van der Waals surface area contributed by atoms with Crippen molar-refractivity contribution < 1.29 is 9.90 Å². The molecule has 2 rings (SSSR count). The van der Waals surface area contributed by atoms with Gasteiger partial charge in [-0.1, -0.05) is 24.3 Å². The summed E-state index contributed by atoms with van der Waals surface area (Å²) >= 11 is 0. The first-order valence-electron chi connectivity index (χ1n) is 6.69. The third-order valence-electron chi connectivity index (χ3n) is 3.11. The van der Waals surface area contributed by atoms with Gasteiger partial charge in [-0.2, -0.15) is 5.10 Å². The molecular formula is C16H19N3O2. The van der Waals surface area contributed by atoms with Crippen molar-refractivity contribution >= 4 is 12.0 Å². The van der Waals surface area contributed by atoms with E-state index in [9.17, 15) is 4.79 Å². The molecule has 0 fully saturated rings. The number of hydrogen-bond acceptors (Lipinski definition) is 3. The van der Waals surface area contributed by atoms with E-state index in [1.807, 2.05) is 50.8 Å². The number of hydrogen-bond donors (Lipinski definition) is 1. The Morgan fingerprint density at radius 1 is 1.38 bits per heavy atom. The summed E-state index contributed by atoms with van der Waals surface area (Å²) in [6.07, 6.45) is 6.65. The van der Waals surface area contributed by atoms with Crippen LogP contribution in [0.5, 0.6) is 0 Å². The summed E-state index contributed by atoms with van der Waals surface area (Å²) in [6.45, 7) is 1.54. The Morgan fingerprint density at radius 2 is 2.14 bits per heavy atom. The molecule has 0 aliphatic heterocycles. The van der Waals surface area contributed by atoms with Crippen molar-refractivity contribution in [1.29, 1.82) is 0 Å². The van der Waals surface area contributed by atoms with Crippen LogP contribution >= 0.6 is 0 Å². The minimum atomic E-state index is -0.937. The van der Waals surface area contributed by atoms with Gasteiger partial charge in [0.2, 0.25) is 0 Å². The number of carboxylic acids is 1. The second kappa shape index (κ2) is 6.85. The van der Waals surface area contributed by atoms with Gasteiger partial charge < -0.3 is 5.11 Å². The zero-order valence-electron chi connectivity index (χ0n) is 12.2. The van der Waals surface area contributed by atoms with Gasteiger partial charge in [0.25, 0.3) is 0 Å². The van der Waals surface area contributed by atoms with Crippen LogP contribution in [0.2, 0.25) is 0 Å². The van der Waals surface area contributed by atoms with E-state index in [0.29, 0.717) is 0 Å². The molecular weight excluding hydrogens is 266 g/mol. The zero-order chi connectivity index (χ0) is 15.2.